The van der Waals surface area contributed by atoms with Crippen molar-refractivity contribution in [3.05, 3.63) is 23.3 Å². The van der Waals surface area contributed by atoms with Gasteiger partial charge >= 0.3 is 0 Å². The Morgan fingerprint density at radius 1 is 1.00 bits per heavy atom. The van der Waals surface area contributed by atoms with E-state index in [0.29, 0.717) is 10.8 Å². The van der Waals surface area contributed by atoms with Crippen molar-refractivity contribution >= 4 is 0 Å². The predicted molar refractivity (Wildman–Crippen MR) is 85.5 cm³/mol. The van der Waals surface area contributed by atoms with Crippen molar-refractivity contribution in [3.63, 3.8) is 0 Å². The molecule has 0 saturated heterocycles. The van der Waals surface area contributed by atoms with E-state index in [1.165, 1.54) is 51.4 Å². The van der Waals surface area contributed by atoms with Crippen molar-refractivity contribution in [1.82, 2.24) is 0 Å². The number of rotatable bonds is 0. The molecule has 0 aliphatic heterocycles. The highest BCUT2D eigenvalue weighted by Crippen LogP contribution is 2.63. The highest BCUT2D eigenvalue weighted by Gasteiger charge is 2.53. The lowest BCUT2D eigenvalue weighted by atomic mass is 9.49. The maximum atomic E-state index is 2.71. The molecule has 0 nitrogen and oxygen atoms in total. The van der Waals surface area contributed by atoms with Crippen molar-refractivity contribution in [2.24, 2.45) is 28.6 Å². The van der Waals surface area contributed by atoms with Gasteiger partial charge in [0.05, 0.1) is 0 Å². The molecule has 0 bridgehead atoms. The Hall–Kier alpha value is -0.520. The van der Waals surface area contributed by atoms with Crippen LogP contribution in [0.2, 0.25) is 0 Å². The summed E-state index contributed by atoms with van der Waals surface area (Å²) in [6.45, 7) is 7.54. The molecule has 0 aromatic heterocycles. The SMILES string of the molecule is CC1=CCC2C3CCC4CCCCC4(C)C3=CCC12C. The van der Waals surface area contributed by atoms with E-state index in [-0.39, 0.29) is 0 Å². The number of fused-ring (bicyclic) bond motifs is 5. The molecule has 4 aliphatic rings. The maximum absolute atomic E-state index is 2.71. The van der Waals surface area contributed by atoms with Gasteiger partial charge in [-0.05, 0) is 74.0 Å². The molecule has 0 spiro atoms. The Morgan fingerprint density at radius 2 is 1.85 bits per heavy atom. The maximum Gasteiger partial charge on any atom is -0.00477 e. The summed E-state index contributed by atoms with van der Waals surface area (Å²) >= 11 is 0. The highest BCUT2D eigenvalue weighted by molar-refractivity contribution is 5.34. The van der Waals surface area contributed by atoms with Crippen LogP contribution in [-0.2, 0) is 0 Å². The minimum Gasteiger partial charge on any atom is -0.0847 e. The Bertz CT molecular complexity index is 482. The van der Waals surface area contributed by atoms with Crippen LogP contribution in [0.4, 0.5) is 0 Å². The van der Waals surface area contributed by atoms with Crippen molar-refractivity contribution < 1.29 is 0 Å². The molecule has 0 N–H and O–H groups in total. The summed E-state index contributed by atoms with van der Waals surface area (Å²) in [5.41, 5.74) is 4.64. The number of hydrogen-bond acceptors (Lipinski definition) is 0. The molecule has 0 aromatic rings. The van der Waals surface area contributed by atoms with Crippen molar-refractivity contribution in [2.45, 2.75) is 72.1 Å². The van der Waals surface area contributed by atoms with Gasteiger partial charge in [0, 0.05) is 0 Å². The van der Waals surface area contributed by atoms with Gasteiger partial charge < -0.3 is 0 Å². The van der Waals surface area contributed by atoms with Crippen LogP contribution >= 0.6 is 0 Å². The zero-order valence-electron chi connectivity index (χ0n) is 13.5. The summed E-state index contributed by atoms with van der Waals surface area (Å²) in [4.78, 5) is 0. The molecule has 0 heteroatoms. The van der Waals surface area contributed by atoms with Gasteiger partial charge in [-0.1, -0.05) is 50.0 Å². The third-order valence-corrected chi connectivity index (χ3v) is 7.91. The van der Waals surface area contributed by atoms with Crippen LogP contribution in [0.3, 0.4) is 0 Å². The fourth-order valence-corrected chi connectivity index (χ4v) is 6.34. The molecule has 0 amide bonds. The van der Waals surface area contributed by atoms with Crippen LogP contribution in [0, 0.1) is 28.6 Å². The van der Waals surface area contributed by atoms with E-state index < -0.39 is 0 Å². The topological polar surface area (TPSA) is 0 Å². The smallest absolute Gasteiger partial charge is 0.00477 e. The Balaban J connectivity index is 1.73. The molecule has 5 unspecified atom stereocenters. The van der Waals surface area contributed by atoms with Gasteiger partial charge in [0.2, 0.25) is 0 Å². The standard InChI is InChI=1S/C20H30/c1-14-7-10-17-16-9-8-15-6-4-5-12-20(15,3)18(16)11-13-19(14,17)2/h7,11,15-17H,4-6,8-10,12-13H2,1-3H3. The molecule has 2 fully saturated rings. The van der Waals surface area contributed by atoms with Gasteiger partial charge in [0.1, 0.15) is 0 Å². The Kier molecular flexibility index (Phi) is 2.79. The molecule has 2 saturated carbocycles. The summed E-state index contributed by atoms with van der Waals surface area (Å²) in [6.07, 6.45) is 16.8. The normalized spacial score (nSPS) is 50.6. The summed E-state index contributed by atoms with van der Waals surface area (Å²) < 4.78 is 0. The van der Waals surface area contributed by atoms with Crippen LogP contribution in [-0.4, -0.2) is 0 Å². The molecule has 110 valence electrons. The second kappa shape index (κ2) is 4.24. The second-order valence-electron chi connectivity index (χ2n) is 8.55. The number of hydrogen-bond donors (Lipinski definition) is 0. The molecule has 4 aliphatic carbocycles. The van der Waals surface area contributed by atoms with Crippen molar-refractivity contribution in [2.75, 3.05) is 0 Å². The number of allylic oxidation sites excluding steroid dienone is 4. The van der Waals surface area contributed by atoms with Crippen LogP contribution in [0.1, 0.15) is 72.1 Å². The summed E-state index contributed by atoms with van der Waals surface area (Å²) in [6, 6.07) is 0. The van der Waals surface area contributed by atoms with Gasteiger partial charge in [0.25, 0.3) is 0 Å². The lowest BCUT2D eigenvalue weighted by Gasteiger charge is -2.56. The summed E-state index contributed by atoms with van der Waals surface area (Å²) in [7, 11) is 0. The molecule has 0 aromatic carbocycles. The average molecular weight is 270 g/mol. The minimum absolute atomic E-state index is 0.492. The quantitative estimate of drug-likeness (QED) is 0.481. The van der Waals surface area contributed by atoms with E-state index in [1.807, 2.05) is 5.57 Å². The first kappa shape index (κ1) is 13.2. The predicted octanol–water partition coefficient (Wildman–Crippen LogP) is 5.90. The molecule has 20 heavy (non-hydrogen) atoms. The largest absolute Gasteiger partial charge is 0.0847 e. The lowest BCUT2D eigenvalue weighted by Crippen LogP contribution is -2.46. The highest BCUT2D eigenvalue weighted by atomic mass is 14.6. The first-order valence-corrected chi connectivity index (χ1v) is 8.93. The van der Waals surface area contributed by atoms with Gasteiger partial charge in [-0.2, -0.15) is 0 Å². The zero-order valence-corrected chi connectivity index (χ0v) is 13.5. The fraction of sp³-hybridized carbons (Fsp3) is 0.800. The van der Waals surface area contributed by atoms with Gasteiger partial charge in [-0.25, -0.2) is 0 Å². The van der Waals surface area contributed by atoms with E-state index in [9.17, 15) is 0 Å². The minimum atomic E-state index is 0.492. The molecule has 0 heterocycles. The molecular formula is C20H30. The van der Waals surface area contributed by atoms with E-state index in [4.69, 9.17) is 0 Å². The van der Waals surface area contributed by atoms with Gasteiger partial charge in [-0.3, -0.25) is 0 Å². The van der Waals surface area contributed by atoms with Crippen LogP contribution in [0.5, 0.6) is 0 Å². The summed E-state index contributed by atoms with van der Waals surface area (Å²) in [5, 5.41) is 0. The Labute approximate surface area is 124 Å². The fourth-order valence-electron chi connectivity index (χ4n) is 6.34. The average Bonchev–Trinajstić information content (AvgIpc) is 2.74. The molecular weight excluding hydrogens is 240 g/mol. The van der Waals surface area contributed by atoms with Gasteiger partial charge in [-0.15, -0.1) is 0 Å². The van der Waals surface area contributed by atoms with E-state index in [0.717, 1.165) is 17.8 Å². The van der Waals surface area contributed by atoms with Crippen molar-refractivity contribution in [3.8, 4) is 0 Å². The van der Waals surface area contributed by atoms with E-state index >= 15 is 0 Å². The van der Waals surface area contributed by atoms with E-state index in [1.54, 1.807) is 5.57 Å². The van der Waals surface area contributed by atoms with Crippen molar-refractivity contribution in [1.29, 1.82) is 0 Å². The van der Waals surface area contributed by atoms with Crippen LogP contribution in [0.25, 0.3) is 0 Å². The van der Waals surface area contributed by atoms with Crippen LogP contribution in [0.15, 0.2) is 23.3 Å². The molecule has 5 atom stereocenters. The zero-order chi connectivity index (χ0) is 14.0. The Morgan fingerprint density at radius 3 is 2.70 bits per heavy atom. The molecule has 4 rings (SSSR count). The van der Waals surface area contributed by atoms with Crippen LogP contribution < -0.4 is 0 Å². The third kappa shape index (κ3) is 1.54. The van der Waals surface area contributed by atoms with E-state index in [2.05, 4.69) is 32.9 Å². The monoisotopic (exact) mass is 270 g/mol. The third-order valence-electron chi connectivity index (χ3n) is 7.91. The molecule has 0 radical (unpaired) electrons. The first-order valence-electron chi connectivity index (χ1n) is 8.93. The van der Waals surface area contributed by atoms with Gasteiger partial charge in [0.15, 0.2) is 0 Å². The summed E-state index contributed by atoms with van der Waals surface area (Å²) in [5.74, 6) is 2.82. The second-order valence-corrected chi connectivity index (χ2v) is 8.55. The lowest BCUT2D eigenvalue weighted by molar-refractivity contribution is 0.0492. The first-order chi connectivity index (χ1) is 9.56.